The van der Waals surface area contributed by atoms with Crippen molar-refractivity contribution < 1.29 is 17.9 Å². The summed E-state index contributed by atoms with van der Waals surface area (Å²) in [5, 5.41) is 0. The number of aromatic nitrogens is 2. The Kier molecular flexibility index (Phi) is 5.35. The van der Waals surface area contributed by atoms with Crippen molar-refractivity contribution in [2.24, 2.45) is 0 Å². The molecule has 0 saturated heterocycles. The fourth-order valence-electron chi connectivity index (χ4n) is 2.77. The number of ether oxygens (including phenoxy) is 1. The summed E-state index contributed by atoms with van der Waals surface area (Å²) in [4.78, 5) is 7.69. The molecule has 1 aromatic heterocycles. The van der Waals surface area contributed by atoms with Crippen molar-refractivity contribution in [2.45, 2.75) is 31.5 Å². The van der Waals surface area contributed by atoms with Crippen LogP contribution >= 0.6 is 0 Å². The van der Waals surface area contributed by atoms with Gasteiger partial charge in [-0.2, -0.15) is 23.1 Å². The number of nitrogens with one attached hydrogen (secondary N) is 2. The third kappa shape index (κ3) is 5.23. The van der Waals surface area contributed by atoms with Gasteiger partial charge in [0.05, 0.1) is 5.69 Å². The van der Waals surface area contributed by atoms with Crippen LogP contribution in [0.5, 0.6) is 11.8 Å². The largest absolute Gasteiger partial charge is 0.433 e. The van der Waals surface area contributed by atoms with Crippen LogP contribution in [-0.4, -0.2) is 9.97 Å². The van der Waals surface area contributed by atoms with E-state index in [0.717, 1.165) is 30.2 Å². The van der Waals surface area contributed by atoms with Crippen molar-refractivity contribution in [3.05, 3.63) is 77.6 Å². The van der Waals surface area contributed by atoms with Gasteiger partial charge in [0.2, 0.25) is 0 Å². The lowest BCUT2D eigenvalue weighted by atomic mass is 10.2. The Labute approximate surface area is 165 Å². The summed E-state index contributed by atoms with van der Waals surface area (Å²) in [6, 6.07) is 17.4. The summed E-state index contributed by atoms with van der Waals surface area (Å²) in [5.41, 5.74) is 7.51. The SMILES string of the molecule is FC(F)(F)c1cc(C2CC2)nc(Oc2ccc(CNNc3ccccc3)cc2)n1. The van der Waals surface area contributed by atoms with Crippen LogP contribution in [0, 0.1) is 0 Å². The summed E-state index contributed by atoms with van der Waals surface area (Å²) in [7, 11) is 0. The van der Waals surface area contributed by atoms with Crippen molar-refractivity contribution in [1.29, 1.82) is 0 Å². The molecule has 0 atom stereocenters. The van der Waals surface area contributed by atoms with Crippen molar-refractivity contribution >= 4 is 5.69 Å². The molecule has 3 aromatic rings. The molecule has 1 saturated carbocycles. The van der Waals surface area contributed by atoms with E-state index in [1.165, 1.54) is 0 Å². The van der Waals surface area contributed by atoms with E-state index in [1.54, 1.807) is 12.1 Å². The predicted molar refractivity (Wildman–Crippen MR) is 102 cm³/mol. The molecule has 2 aromatic carbocycles. The number of nitrogens with zero attached hydrogens (tertiary/aromatic N) is 2. The minimum atomic E-state index is -4.54. The first-order valence-electron chi connectivity index (χ1n) is 9.24. The van der Waals surface area contributed by atoms with Crippen LogP contribution in [0.2, 0.25) is 0 Å². The second-order valence-corrected chi connectivity index (χ2v) is 6.82. The fourth-order valence-corrected chi connectivity index (χ4v) is 2.77. The van der Waals surface area contributed by atoms with Crippen LogP contribution in [0.1, 0.15) is 35.7 Å². The average molecular weight is 400 g/mol. The Hall–Kier alpha value is -3.13. The molecule has 1 aliphatic rings. The molecule has 8 heteroatoms. The molecular weight excluding hydrogens is 381 g/mol. The first kappa shape index (κ1) is 19.2. The lowest BCUT2D eigenvalue weighted by Crippen LogP contribution is -2.20. The molecule has 0 amide bonds. The molecule has 1 fully saturated rings. The number of hydrazine groups is 1. The third-order valence-electron chi connectivity index (χ3n) is 4.44. The monoisotopic (exact) mass is 400 g/mol. The van der Waals surface area contributed by atoms with Gasteiger partial charge < -0.3 is 10.2 Å². The molecule has 0 spiro atoms. The van der Waals surface area contributed by atoms with Gasteiger partial charge in [-0.15, -0.1) is 0 Å². The highest BCUT2D eigenvalue weighted by Crippen LogP contribution is 2.41. The zero-order valence-electron chi connectivity index (χ0n) is 15.4. The number of hydrogen-bond donors (Lipinski definition) is 2. The molecule has 0 bridgehead atoms. The summed E-state index contributed by atoms with van der Waals surface area (Å²) in [6.45, 7) is 0.557. The van der Waals surface area contributed by atoms with Gasteiger partial charge in [0.1, 0.15) is 5.75 Å². The molecule has 0 aliphatic heterocycles. The quantitative estimate of drug-likeness (QED) is 0.529. The standard InChI is InChI=1S/C21H19F3N4O/c22-21(23,24)19-12-18(15-8-9-15)26-20(27-19)29-17-10-6-14(7-11-17)13-25-28-16-4-2-1-3-5-16/h1-7,10-12,15,25,28H,8-9,13H2. The highest BCUT2D eigenvalue weighted by molar-refractivity contribution is 5.41. The van der Waals surface area contributed by atoms with E-state index in [9.17, 15) is 13.2 Å². The zero-order chi connectivity index (χ0) is 20.3. The molecule has 29 heavy (non-hydrogen) atoms. The third-order valence-corrected chi connectivity index (χ3v) is 4.44. The highest BCUT2D eigenvalue weighted by Gasteiger charge is 2.36. The first-order chi connectivity index (χ1) is 14.0. The van der Waals surface area contributed by atoms with Crippen LogP contribution in [0.3, 0.4) is 0 Å². The predicted octanol–water partition coefficient (Wildman–Crippen LogP) is 5.28. The molecule has 4 rings (SSSR count). The maximum absolute atomic E-state index is 13.1. The normalized spacial score (nSPS) is 13.9. The number of benzene rings is 2. The first-order valence-corrected chi connectivity index (χ1v) is 9.24. The van der Waals surface area contributed by atoms with E-state index in [2.05, 4.69) is 20.8 Å². The summed E-state index contributed by atoms with van der Waals surface area (Å²) >= 11 is 0. The van der Waals surface area contributed by atoms with Gasteiger partial charge in [0.25, 0.3) is 0 Å². The second-order valence-electron chi connectivity index (χ2n) is 6.82. The Morgan fingerprint density at radius 3 is 2.34 bits per heavy atom. The highest BCUT2D eigenvalue weighted by atomic mass is 19.4. The molecule has 5 nitrogen and oxygen atoms in total. The van der Waals surface area contributed by atoms with E-state index in [-0.39, 0.29) is 11.9 Å². The summed E-state index contributed by atoms with van der Waals surface area (Å²) in [6.07, 6.45) is -2.86. The number of para-hydroxylation sites is 1. The molecule has 150 valence electrons. The van der Waals surface area contributed by atoms with E-state index < -0.39 is 11.9 Å². The summed E-state index contributed by atoms with van der Waals surface area (Å²) in [5.74, 6) is 0.442. The van der Waals surface area contributed by atoms with Gasteiger partial charge in [0.15, 0.2) is 5.69 Å². The molecule has 1 aliphatic carbocycles. The number of rotatable bonds is 7. The van der Waals surface area contributed by atoms with Crippen LogP contribution in [0.15, 0.2) is 60.7 Å². The Balaban J connectivity index is 1.40. The topological polar surface area (TPSA) is 59.1 Å². The maximum atomic E-state index is 13.1. The molecule has 0 radical (unpaired) electrons. The summed E-state index contributed by atoms with van der Waals surface area (Å²) < 4.78 is 44.8. The van der Waals surface area contributed by atoms with E-state index in [4.69, 9.17) is 4.74 Å². The van der Waals surface area contributed by atoms with E-state index >= 15 is 0 Å². The number of halogens is 3. The molecule has 0 unspecified atom stereocenters. The van der Waals surface area contributed by atoms with Crippen LogP contribution in [0.25, 0.3) is 0 Å². The van der Waals surface area contributed by atoms with Crippen molar-refractivity contribution in [3.8, 4) is 11.8 Å². The minimum absolute atomic E-state index is 0.0621. The minimum Gasteiger partial charge on any atom is -0.424 e. The smallest absolute Gasteiger partial charge is 0.424 e. The van der Waals surface area contributed by atoms with Gasteiger partial charge >= 0.3 is 12.2 Å². The van der Waals surface area contributed by atoms with Gasteiger partial charge in [-0.05, 0) is 48.7 Å². The molecule has 1 heterocycles. The number of anilines is 1. The fraction of sp³-hybridized carbons (Fsp3) is 0.238. The van der Waals surface area contributed by atoms with Crippen LogP contribution < -0.4 is 15.6 Å². The van der Waals surface area contributed by atoms with E-state index in [1.807, 2.05) is 42.5 Å². The second kappa shape index (κ2) is 8.08. The van der Waals surface area contributed by atoms with Crippen molar-refractivity contribution in [1.82, 2.24) is 15.4 Å². The number of alkyl halides is 3. The Morgan fingerprint density at radius 2 is 1.69 bits per heavy atom. The van der Waals surface area contributed by atoms with Crippen LogP contribution in [0.4, 0.5) is 18.9 Å². The Bertz CT molecular complexity index is 958. The van der Waals surface area contributed by atoms with E-state index in [0.29, 0.717) is 18.0 Å². The maximum Gasteiger partial charge on any atom is 0.433 e. The van der Waals surface area contributed by atoms with Crippen molar-refractivity contribution in [2.75, 3.05) is 5.43 Å². The zero-order valence-corrected chi connectivity index (χ0v) is 15.4. The van der Waals surface area contributed by atoms with Gasteiger partial charge in [-0.25, -0.2) is 5.43 Å². The molecular formula is C21H19F3N4O. The Morgan fingerprint density at radius 1 is 0.966 bits per heavy atom. The van der Waals surface area contributed by atoms with Crippen LogP contribution in [-0.2, 0) is 12.7 Å². The molecule has 2 N–H and O–H groups in total. The van der Waals surface area contributed by atoms with Gasteiger partial charge in [-0.1, -0.05) is 30.3 Å². The average Bonchev–Trinajstić information content (AvgIpc) is 3.55. The lowest BCUT2D eigenvalue weighted by molar-refractivity contribution is -0.141. The van der Waals surface area contributed by atoms with Gasteiger partial charge in [-0.3, -0.25) is 0 Å². The van der Waals surface area contributed by atoms with Crippen molar-refractivity contribution in [3.63, 3.8) is 0 Å². The number of hydrogen-bond acceptors (Lipinski definition) is 5. The lowest BCUT2D eigenvalue weighted by Gasteiger charge is -2.11. The van der Waals surface area contributed by atoms with Gasteiger partial charge in [0, 0.05) is 18.2 Å².